The molecule has 6 rings (SSSR count). The summed E-state index contributed by atoms with van der Waals surface area (Å²) in [5.41, 5.74) is 6.70. The van der Waals surface area contributed by atoms with Crippen LogP contribution in [0.25, 0.3) is 11.1 Å². The van der Waals surface area contributed by atoms with Crippen LogP contribution in [-0.2, 0) is 20.9 Å². The Morgan fingerprint density at radius 3 is 1.98 bits per heavy atom. The summed E-state index contributed by atoms with van der Waals surface area (Å²) < 4.78 is 6.04. The molecule has 0 radical (unpaired) electrons. The third-order valence-corrected chi connectivity index (χ3v) is 9.83. The van der Waals surface area contributed by atoms with Gasteiger partial charge in [-0.3, -0.25) is 14.5 Å². The molecule has 2 amide bonds. The van der Waals surface area contributed by atoms with Crippen LogP contribution in [-0.4, -0.2) is 33.2 Å². The summed E-state index contributed by atoms with van der Waals surface area (Å²) in [4.78, 5) is 32.1. The summed E-state index contributed by atoms with van der Waals surface area (Å²) >= 11 is 0. The van der Waals surface area contributed by atoms with E-state index >= 15 is 0 Å². The third kappa shape index (κ3) is 5.37. The Morgan fingerprint density at radius 2 is 1.27 bits per heavy atom. The summed E-state index contributed by atoms with van der Waals surface area (Å²) in [5, 5.41) is 0. The van der Waals surface area contributed by atoms with E-state index < -0.39 is 19.9 Å². The number of anilines is 2. The highest BCUT2D eigenvalue weighted by atomic mass is 28.3. The number of hydrogen-bond donors (Lipinski definition) is 0. The van der Waals surface area contributed by atoms with Crippen molar-refractivity contribution in [1.29, 1.82) is 0 Å². The molecule has 2 heterocycles. The van der Waals surface area contributed by atoms with Gasteiger partial charge in [0.25, 0.3) is 0 Å². The molecule has 5 nitrogen and oxygen atoms in total. The highest BCUT2D eigenvalue weighted by Crippen LogP contribution is 2.51. The number of ether oxygens (including phenoxy) is 1. The van der Waals surface area contributed by atoms with Crippen molar-refractivity contribution < 1.29 is 14.3 Å². The summed E-state index contributed by atoms with van der Waals surface area (Å²) in [6.45, 7) is 8.23. The smallest absolute Gasteiger partial charge is 0.237 e. The lowest BCUT2D eigenvalue weighted by Gasteiger charge is -2.22. The van der Waals surface area contributed by atoms with Gasteiger partial charge in [-0.2, -0.15) is 0 Å². The average molecular weight is 561 g/mol. The van der Waals surface area contributed by atoms with Gasteiger partial charge in [0.05, 0.1) is 24.1 Å². The van der Waals surface area contributed by atoms with Gasteiger partial charge in [0.1, 0.15) is 6.73 Å². The molecule has 6 heteroatoms. The first-order valence-electron chi connectivity index (χ1n) is 14.3. The molecule has 41 heavy (non-hydrogen) atoms. The van der Waals surface area contributed by atoms with Crippen molar-refractivity contribution in [2.45, 2.75) is 44.1 Å². The molecule has 0 spiro atoms. The van der Waals surface area contributed by atoms with Crippen LogP contribution in [0.15, 0.2) is 103 Å². The second-order valence-electron chi connectivity index (χ2n) is 12.2. The maximum Gasteiger partial charge on any atom is 0.237 e. The van der Waals surface area contributed by atoms with E-state index in [0.717, 1.165) is 45.2 Å². The molecule has 0 aromatic heterocycles. The Morgan fingerprint density at radius 1 is 0.659 bits per heavy atom. The van der Waals surface area contributed by atoms with Gasteiger partial charge in [0, 0.05) is 20.4 Å². The number of carbonyl (C=O) groups excluding carboxylic acids is 2. The fraction of sp³-hybridized carbons (Fsp3) is 0.257. The largest absolute Gasteiger partial charge is 0.361 e. The monoisotopic (exact) mass is 560 g/mol. The van der Waals surface area contributed by atoms with Crippen LogP contribution in [0, 0.1) is 0 Å². The van der Waals surface area contributed by atoms with Crippen molar-refractivity contribution >= 4 is 31.3 Å². The summed E-state index contributed by atoms with van der Waals surface area (Å²) in [6.07, 6.45) is 0. The number of rotatable bonds is 9. The van der Waals surface area contributed by atoms with Crippen LogP contribution in [0.4, 0.5) is 11.4 Å². The molecule has 0 saturated heterocycles. The molecule has 208 valence electrons. The molecular weight excluding hydrogens is 524 g/mol. The number of para-hydroxylation sites is 1. The first-order valence-corrected chi connectivity index (χ1v) is 18.1. The number of amides is 2. The van der Waals surface area contributed by atoms with E-state index in [2.05, 4.69) is 43.9 Å². The minimum atomic E-state index is -1.25. The van der Waals surface area contributed by atoms with E-state index in [4.69, 9.17) is 4.74 Å². The SMILES string of the molecule is C[Si](C)(C)CCOCN1C(=O)[C@H]([C@@H]2C(=O)N(Cc3ccccc3)c3cc(-c4ccccc4)ccc32)c2ccccc21. The van der Waals surface area contributed by atoms with Gasteiger partial charge in [0.15, 0.2) is 0 Å². The van der Waals surface area contributed by atoms with Gasteiger partial charge < -0.3 is 9.64 Å². The number of fused-ring (bicyclic) bond motifs is 2. The molecule has 0 bridgehead atoms. The molecule has 0 saturated carbocycles. The van der Waals surface area contributed by atoms with Crippen molar-refractivity contribution in [3.8, 4) is 11.1 Å². The van der Waals surface area contributed by atoms with Crippen LogP contribution in [0.3, 0.4) is 0 Å². The van der Waals surface area contributed by atoms with Gasteiger partial charge in [-0.05, 0) is 46.0 Å². The average Bonchev–Trinajstić information content (AvgIpc) is 3.40. The van der Waals surface area contributed by atoms with Crippen LogP contribution in [0.2, 0.25) is 25.7 Å². The van der Waals surface area contributed by atoms with Crippen LogP contribution >= 0.6 is 0 Å². The fourth-order valence-corrected chi connectivity index (χ4v) is 6.68. The summed E-state index contributed by atoms with van der Waals surface area (Å²) in [7, 11) is -1.25. The number of nitrogens with zero attached hydrogens (tertiary/aromatic N) is 2. The van der Waals surface area contributed by atoms with Crippen molar-refractivity contribution in [1.82, 2.24) is 0 Å². The first-order chi connectivity index (χ1) is 19.8. The van der Waals surface area contributed by atoms with Crippen LogP contribution in [0.5, 0.6) is 0 Å². The molecule has 0 unspecified atom stereocenters. The Balaban J connectivity index is 1.37. The normalized spacial score (nSPS) is 18.1. The predicted octanol–water partition coefficient (Wildman–Crippen LogP) is 7.43. The van der Waals surface area contributed by atoms with Gasteiger partial charge in [-0.1, -0.05) is 111 Å². The molecular formula is C35H36N2O3Si. The van der Waals surface area contributed by atoms with E-state index in [-0.39, 0.29) is 18.5 Å². The summed E-state index contributed by atoms with van der Waals surface area (Å²) in [5.74, 6) is -1.30. The highest BCUT2D eigenvalue weighted by Gasteiger charge is 2.50. The lowest BCUT2D eigenvalue weighted by atomic mass is 9.82. The Labute approximate surface area is 243 Å². The maximum atomic E-state index is 14.4. The van der Waals surface area contributed by atoms with Gasteiger partial charge in [0.2, 0.25) is 11.8 Å². The molecule has 0 fully saturated rings. The minimum absolute atomic E-state index is 0.0382. The highest BCUT2D eigenvalue weighted by molar-refractivity contribution is 6.76. The molecule has 4 aromatic carbocycles. The van der Waals surface area contributed by atoms with E-state index in [0.29, 0.717) is 13.2 Å². The molecule has 2 aliphatic rings. The second kappa shape index (κ2) is 11.1. The minimum Gasteiger partial charge on any atom is -0.361 e. The standard InChI is InChI=1S/C35H36N2O3Si/c1-41(2,3)21-20-40-24-37-30-17-11-10-16-28(30)32(35(37)39)33-29-19-18-27(26-14-8-5-9-15-26)22-31(29)36(34(33)38)23-25-12-6-4-7-13-25/h4-19,22,32-33H,20-21,23-24H2,1-3H3/t32-,33+/m0/s1. The first kappa shape index (κ1) is 27.2. The van der Waals surface area contributed by atoms with Crippen molar-refractivity contribution in [2.75, 3.05) is 23.1 Å². The van der Waals surface area contributed by atoms with Crippen molar-refractivity contribution in [2.24, 2.45) is 0 Å². The maximum absolute atomic E-state index is 14.4. The lowest BCUT2D eigenvalue weighted by molar-refractivity contribution is -0.126. The zero-order valence-electron chi connectivity index (χ0n) is 23.9. The van der Waals surface area contributed by atoms with Gasteiger partial charge >= 0.3 is 0 Å². The van der Waals surface area contributed by atoms with Crippen molar-refractivity contribution in [3.63, 3.8) is 0 Å². The number of hydrogen-bond acceptors (Lipinski definition) is 3. The van der Waals surface area contributed by atoms with Crippen molar-refractivity contribution in [3.05, 3.63) is 120 Å². The van der Waals surface area contributed by atoms with E-state index in [1.807, 2.05) is 83.8 Å². The number of benzene rings is 4. The Bertz CT molecular complexity index is 1570. The van der Waals surface area contributed by atoms with E-state index in [1.54, 1.807) is 4.90 Å². The fourth-order valence-electron chi connectivity index (χ4n) is 5.93. The predicted molar refractivity (Wildman–Crippen MR) is 168 cm³/mol. The van der Waals surface area contributed by atoms with Crippen LogP contribution in [0.1, 0.15) is 28.5 Å². The number of carbonyl (C=O) groups is 2. The van der Waals surface area contributed by atoms with Gasteiger partial charge in [-0.15, -0.1) is 0 Å². The van der Waals surface area contributed by atoms with Crippen LogP contribution < -0.4 is 9.80 Å². The topological polar surface area (TPSA) is 49.9 Å². The van der Waals surface area contributed by atoms with E-state index in [1.165, 1.54) is 0 Å². The molecule has 4 aromatic rings. The quantitative estimate of drug-likeness (QED) is 0.158. The summed E-state index contributed by atoms with van der Waals surface area (Å²) in [6, 6.07) is 35.4. The molecule has 2 aliphatic heterocycles. The Hall–Kier alpha value is -4.00. The Kier molecular flexibility index (Phi) is 7.36. The molecule has 2 atom stereocenters. The second-order valence-corrected chi connectivity index (χ2v) is 17.8. The molecule has 0 N–H and O–H groups in total. The zero-order chi connectivity index (χ0) is 28.6. The lowest BCUT2D eigenvalue weighted by Crippen LogP contribution is -2.36. The third-order valence-electron chi connectivity index (χ3n) is 8.12. The van der Waals surface area contributed by atoms with E-state index in [9.17, 15) is 9.59 Å². The zero-order valence-corrected chi connectivity index (χ0v) is 24.9. The molecule has 0 aliphatic carbocycles. The van der Waals surface area contributed by atoms with Gasteiger partial charge in [-0.25, -0.2) is 0 Å².